The summed E-state index contributed by atoms with van der Waals surface area (Å²) < 4.78 is 0. The Morgan fingerprint density at radius 2 is 2.24 bits per heavy atom. The predicted octanol–water partition coefficient (Wildman–Crippen LogP) is 2.67. The zero-order valence-electron chi connectivity index (χ0n) is 11.8. The second-order valence-electron chi connectivity index (χ2n) is 5.04. The van der Waals surface area contributed by atoms with Gasteiger partial charge in [0.15, 0.2) is 5.13 Å². The minimum absolute atomic E-state index is 0.0771. The maximum atomic E-state index is 12.5. The molecule has 3 heterocycles. The molecule has 0 aliphatic carbocycles. The number of hydrogen-bond donors (Lipinski definition) is 1. The summed E-state index contributed by atoms with van der Waals surface area (Å²) >= 11 is 2.94. The Hall–Kier alpha value is -1.73. The van der Waals surface area contributed by atoms with Gasteiger partial charge in [0.25, 0.3) is 5.91 Å². The third kappa shape index (κ3) is 2.98. The summed E-state index contributed by atoms with van der Waals surface area (Å²) in [6.45, 7) is 4.70. The molecule has 2 aromatic heterocycles. The van der Waals surface area contributed by atoms with E-state index in [1.54, 1.807) is 0 Å². The van der Waals surface area contributed by atoms with Crippen LogP contribution in [0.3, 0.4) is 0 Å². The highest BCUT2D eigenvalue weighted by molar-refractivity contribution is 7.16. The fourth-order valence-corrected chi connectivity index (χ4v) is 4.21. The van der Waals surface area contributed by atoms with E-state index in [1.165, 1.54) is 29.6 Å². The Bertz CT molecular complexity index is 705. The van der Waals surface area contributed by atoms with Gasteiger partial charge in [-0.2, -0.15) is 0 Å². The molecule has 7 heteroatoms. The molecular weight excluding hydrogens is 306 g/mol. The number of nitrogens with zero attached hydrogens (tertiary/aromatic N) is 2. The Morgan fingerprint density at radius 1 is 1.43 bits per heavy atom. The number of aromatic nitrogens is 1. The molecule has 0 radical (unpaired) electrons. The van der Waals surface area contributed by atoms with Crippen LogP contribution in [-0.2, 0) is 17.8 Å². The van der Waals surface area contributed by atoms with Crippen LogP contribution >= 0.6 is 22.7 Å². The maximum absolute atomic E-state index is 12.5. The van der Waals surface area contributed by atoms with Gasteiger partial charge < -0.3 is 10.2 Å². The number of anilines is 1. The minimum Gasteiger partial charge on any atom is -0.332 e. The van der Waals surface area contributed by atoms with Crippen molar-refractivity contribution in [3.05, 3.63) is 32.5 Å². The van der Waals surface area contributed by atoms with Gasteiger partial charge >= 0.3 is 0 Å². The van der Waals surface area contributed by atoms with E-state index in [0.717, 1.165) is 27.4 Å². The zero-order chi connectivity index (χ0) is 15.0. The molecule has 5 nitrogen and oxygen atoms in total. The average molecular weight is 321 g/mol. The maximum Gasteiger partial charge on any atom is 0.264 e. The number of fused-ring (bicyclic) bond motifs is 1. The first-order valence-electron chi connectivity index (χ1n) is 6.63. The lowest BCUT2D eigenvalue weighted by molar-refractivity contribution is -0.114. The molecule has 1 aliphatic rings. The van der Waals surface area contributed by atoms with Crippen LogP contribution in [0.4, 0.5) is 5.13 Å². The highest BCUT2D eigenvalue weighted by atomic mass is 32.1. The van der Waals surface area contributed by atoms with Crippen molar-refractivity contribution in [3.63, 3.8) is 0 Å². The van der Waals surface area contributed by atoms with E-state index in [2.05, 4.69) is 10.3 Å². The fourth-order valence-electron chi connectivity index (χ4n) is 2.27. The van der Waals surface area contributed by atoms with Crippen LogP contribution in [0.5, 0.6) is 0 Å². The number of carbonyl (C=O) groups excluding carboxylic acids is 2. The Balaban J connectivity index is 1.76. The number of rotatable bonds is 2. The van der Waals surface area contributed by atoms with E-state index in [9.17, 15) is 9.59 Å². The SMILES string of the molecule is CC(=O)Nc1nc2c(s1)CN(C(=O)c1cc(C)cs1)CC2. The second kappa shape index (κ2) is 5.57. The van der Waals surface area contributed by atoms with E-state index in [-0.39, 0.29) is 11.8 Å². The smallest absolute Gasteiger partial charge is 0.264 e. The van der Waals surface area contributed by atoms with Crippen LogP contribution in [-0.4, -0.2) is 28.2 Å². The molecule has 0 atom stereocenters. The third-order valence-corrected chi connectivity index (χ3v) is 5.28. The van der Waals surface area contributed by atoms with E-state index >= 15 is 0 Å². The highest BCUT2D eigenvalue weighted by Gasteiger charge is 2.25. The van der Waals surface area contributed by atoms with Crippen molar-refractivity contribution in [1.82, 2.24) is 9.88 Å². The van der Waals surface area contributed by atoms with Crippen molar-refractivity contribution in [3.8, 4) is 0 Å². The van der Waals surface area contributed by atoms with Gasteiger partial charge in [0.1, 0.15) is 0 Å². The molecule has 0 saturated heterocycles. The molecule has 0 fully saturated rings. The lowest BCUT2D eigenvalue weighted by Gasteiger charge is -2.25. The van der Waals surface area contributed by atoms with Gasteiger partial charge in [-0.25, -0.2) is 4.98 Å². The number of amides is 2. The summed E-state index contributed by atoms with van der Waals surface area (Å²) in [4.78, 5) is 31.6. The number of aryl methyl sites for hydroxylation is 1. The molecule has 0 saturated carbocycles. The normalized spacial score (nSPS) is 13.9. The molecule has 0 spiro atoms. The Labute approximate surface area is 130 Å². The van der Waals surface area contributed by atoms with Crippen LogP contribution < -0.4 is 5.32 Å². The lowest BCUT2D eigenvalue weighted by atomic mass is 10.1. The van der Waals surface area contributed by atoms with Crippen molar-refractivity contribution in [2.24, 2.45) is 0 Å². The van der Waals surface area contributed by atoms with Gasteiger partial charge in [-0.3, -0.25) is 9.59 Å². The summed E-state index contributed by atoms with van der Waals surface area (Å²) in [6.07, 6.45) is 0.738. The van der Waals surface area contributed by atoms with E-state index < -0.39 is 0 Å². The van der Waals surface area contributed by atoms with Gasteiger partial charge in [0.2, 0.25) is 5.91 Å². The van der Waals surface area contributed by atoms with Gasteiger partial charge in [0.05, 0.1) is 17.1 Å². The molecule has 2 aromatic rings. The zero-order valence-corrected chi connectivity index (χ0v) is 13.4. The molecule has 1 aliphatic heterocycles. The highest BCUT2D eigenvalue weighted by Crippen LogP contribution is 2.29. The predicted molar refractivity (Wildman–Crippen MR) is 83.9 cm³/mol. The summed E-state index contributed by atoms with van der Waals surface area (Å²) in [7, 11) is 0. The van der Waals surface area contributed by atoms with Crippen LogP contribution in [0.15, 0.2) is 11.4 Å². The average Bonchev–Trinajstić information content (AvgIpc) is 3.01. The number of thiophene rings is 1. The monoisotopic (exact) mass is 321 g/mol. The van der Waals surface area contributed by atoms with Crippen molar-refractivity contribution in [2.45, 2.75) is 26.8 Å². The third-order valence-electron chi connectivity index (χ3n) is 3.24. The minimum atomic E-state index is -0.122. The lowest BCUT2D eigenvalue weighted by Crippen LogP contribution is -2.35. The number of hydrogen-bond acceptors (Lipinski definition) is 5. The molecule has 2 amide bonds. The molecule has 3 rings (SSSR count). The molecule has 0 bridgehead atoms. The largest absolute Gasteiger partial charge is 0.332 e. The Kier molecular flexibility index (Phi) is 3.77. The van der Waals surface area contributed by atoms with Gasteiger partial charge in [-0.05, 0) is 23.9 Å². The first-order chi connectivity index (χ1) is 10.0. The van der Waals surface area contributed by atoms with E-state index in [4.69, 9.17) is 0 Å². The molecular formula is C14H15N3O2S2. The van der Waals surface area contributed by atoms with Crippen molar-refractivity contribution in [2.75, 3.05) is 11.9 Å². The van der Waals surface area contributed by atoms with Crippen LogP contribution in [0.2, 0.25) is 0 Å². The second-order valence-corrected chi connectivity index (χ2v) is 7.03. The molecule has 1 N–H and O–H groups in total. The summed E-state index contributed by atoms with van der Waals surface area (Å²) in [5.74, 6) is -0.0451. The number of thiazole rings is 1. The summed E-state index contributed by atoms with van der Waals surface area (Å²) in [6, 6.07) is 1.93. The number of nitrogens with one attached hydrogen (secondary N) is 1. The fraction of sp³-hybridized carbons (Fsp3) is 0.357. The molecule has 0 unspecified atom stereocenters. The first kappa shape index (κ1) is 14.2. The van der Waals surface area contributed by atoms with E-state index in [0.29, 0.717) is 18.2 Å². The van der Waals surface area contributed by atoms with Crippen LogP contribution in [0, 0.1) is 6.92 Å². The Morgan fingerprint density at radius 3 is 2.90 bits per heavy atom. The summed E-state index contributed by atoms with van der Waals surface area (Å²) in [5.41, 5.74) is 2.11. The molecule has 110 valence electrons. The first-order valence-corrected chi connectivity index (χ1v) is 8.33. The topological polar surface area (TPSA) is 62.3 Å². The van der Waals surface area contributed by atoms with Crippen LogP contribution in [0.1, 0.15) is 32.7 Å². The summed E-state index contributed by atoms with van der Waals surface area (Å²) in [5, 5.41) is 5.32. The van der Waals surface area contributed by atoms with Crippen LogP contribution in [0.25, 0.3) is 0 Å². The molecule has 21 heavy (non-hydrogen) atoms. The standard InChI is InChI=1S/C14H15N3O2S2/c1-8-5-11(20-7-8)13(19)17-4-3-10-12(6-17)21-14(16-10)15-9(2)18/h5,7H,3-4,6H2,1-2H3,(H,15,16,18). The van der Waals surface area contributed by atoms with Gasteiger partial charge in [-0.1, -0.05) is 11.3 Å². The van der Waals surface area contributed by atoms with Crippen molar-refractivity contribution >= 4 is 39.6 Å². The van der Waals surface area contributed by atoms with Crippen molar-refractivity contribution < 1.29 is 9.59 Å². The van der Waals surface area contributed by atoms with Gasteiger partial charge in [-0.15, -0.1) is 11.3 Å². The van der Waals surface area contributed by atoms with E-state index in [1.807, 2.05) is 23.3 Å². The van der Waals surface area contributed by atoms with Crippen molar-refractivity contribution in [1.29, 1.82) is 0 Å². The molecule has 0 aromatic carbocycles. The number of carbonyl (C=O) groups is 2. The quantitative estimate of drug-likeness (QED) is 0.925. The van der Waals surface area contributed by atoms with Gasteiger partial charge in [0, 0.05) is 24.8 Å².